The lowest BCUT2D eigenvalue weighted by Crippen LogP contribution is -2.31. The quantitative estimate of drug-likeness (QED) is 0.822. The van der Waals surface area contributed by atoms with Crippen LogP contribution in [0.5, 0.6) is 0 Å². The fourth-order valence-corrected chi connectivity index (χ4v) is 4.00. The maximum Gasteiger partial charge on any atom is 0.287 e. The zero-order valence-electron chi connectivity index (χ0n) is 15.3. The second-order valence-electron chi connectivity index (χ2n) is 6.60. The molecule has 5 nitrogen and oxygen atoms in total. The van der Waals surface area contributed by atoms with E-state index >= 15 is 0 Å². The first-order valence-corrected chi connectivity index (χ1v) is 9.39. The van der Waals surface area contributed by atoms with E-state index in [1.54, 1.807) is 17.9 Å². The SMILES string of the molecule is C=Cc1ccn(C2CCC(n3ncc(NC)c(Cl)c3=O)CC2)c1/C=C\C. The largest absolute Gasteiger partial charge is 0.385 e. The van der Waals surface area contributed by atoms with Crippen molar-refractivity contribution in [1.82, 2.24) is 14.3 Å². The molecule has 2 heterocycles. The zero-order valence-corrected chi connectivity index (χ0v) is 16.0. The number of halogens is 1. The Bertz CT molecular complexity index is 872. The molecule has 1 aliphatic carbocycles. The van der Waals surface area contributed by atoms with E-state index in [0.717, 1.165) is 31.2 Å². The fraction of sp³-hybridized carbons (Fsp3) is 0.400. The van der Waals surface area contributed by atoms with Crippen molar-refractivity contribution in [2.75, 3.05) is 12.4 Å². The molecule has 138 valence electrons. The first-order valence-electron chi connectivity index (χ1n) is 9.01. The van der Waals surface area contributed by atoms with Gasteiger partial charge in [0.05, 0.1) is 17.9 Å². The van der Waals surface area contributed by atoms with E-state index in [-0.39, 0.29) is 16.6 Å². The van der Waals surface area contributed by atoms with E-state index in [9.17, 15) is 4.79 Å². The second kappa shape index (κ2) is 7.96. The van der Waals surface area contributed by atoms with E-state index in [0.29, 0.717) is 11.7 Å². The minimum absolute atomic E-state index is 0.0989. The van der Waals surface area contributed by atoms with Gasteiger partial charge < -0.3 is 9.88 Å². The smallest absolute Gasteiger partial charge is 0.287 e. The maximum absolute atomic E-state index is 12.5. The Morgan fingerprint density at radius 1 is 1.31 bits per heavy atom. The van der Waals surface area contributed by atoms with Crippen LogP contribution in [0, 0.1) is 0 Å². The third kappa shape index (κ3) is 3.36. The summed E-state index contributed by atoms with van der Waals surface area (Å²) in [7, 11) is 1.73. The summed E-state index contributed by atoms with van der Waals surface area (Å²) in [4.78, 5) is 12.5. The van der Waals surface area contributed by atoms with Gasteiger partial charge in [0, 0.05) is 25.0 Å². The third-order valence-electron chi connectivity index (χ3n) is 5.15. The summed E-state index contributed by atoms with van der Waals surface area (Å²) in [5, 5.41) is 7.43. The number of hydrogen-bond donors (Lipinski definition) is 1. The van der Waals surface area contributed by atoms with Gasteiger partial charge in [0.25, 0.3) is 5.56 Å². The number of anilines is 1. The van der Waals surface area contributed by atoms with Crippen molar-refractivity contribution in [3.63, 3.8) is 0 Å². The van der Waals surface area contributed by atoms with Gasteiger partial charge in [-0.05, 0) is 50.3 Å². The van der Waals surface area contributed by atoms with Crippen molar-refractivity contribution in [2.24, 2.45) is 0 Å². The molecule has 26 heavy (non-hydrogen) atoms. The van der Waals surface area contributed by atoms with Crippen molar-refractivity contribution in [1.29, 1.82) is 0 Å². The number of allylic oxidation sites excluding steroid dienone is 1. The molecule has 2 aromatic heterocycles. The van der Waals surface area contributed by atoms with Crippen LogP contribution in [0.4, 0.5) is 5.69 Å². The molecule has 0 unspecified atom stereocenters. The summed E-state index contributed by atoms with van der Waals surface area (Å²) < 4.78 is 3.89. The van der Waals surface area contributed by atoms with Crippen LogP contribution in [0.25, 0.3) is 12.2 Å². The lowest BCUT2D eigenvalue weighted by atomic mass is 9.91. The average molecular weight is 373 g/mol. The van der Waals surface area contributed by atoms with E-state index < -0.39 is 0 Å². The van der Waals surface area contributed by atoms with Gasteiger partial charge in [0.15, 0.2) is 0 Å². The molecule has 0 atom stereocenters. The Morgan fingerprint density at radius 2 is 2.00 bits per heavy atom. The average Bonchev–Trinajstić information content (AvgIpc) is 3.07. The lowest BCUT2D eigenvalue weighted by molar-refractivity contribution is 0.255. The Morgan fingerprint density at radius 3 is 2.62 bits per heavy atom. The second-order valence-corrected chi connectivity index (χ2v) is 6.98. The summed E-state index contributed by atoms with van der Waals surface area (Å²) in [6.45, 7) is 5.93. The van der Waals surface area contributed by atoms with E-state index in [1.165, 1.54) is 5.69 Å². The minimum atomic E-state index is -0.216. The van der Waals surface area contributed by atoms with Crippen LogP contribution < -0.4 is 10.9 Å². The lowest BCUT2D eigenvalue weighted by Gasteiger charge is -2.31. The minimum Gasteiger partial charge on any atom is -0.385 e. The molecular formula is C20H25ClN4O. The van der Waals surface area contributed by atoms with Crippen molar-refractivity contribution in [3.8, 4) is 0 Å². The van der Waals surface area contributed by atoms with Crippen LogP contribution in [-0.4, -0.2) is 21.4 Å². The highest BCUT2D eigenvalue weighted by Gasteiger charge is 2.26. The topological polar surface area (TPSA) is 51.9 Å². The van der Waals surface area contributed by atoms with Crippen molar-refractivity contribution >= 4 is 29.4 Å². The predicted molar refractivity (Wildman–Crippen MR) is 109 cm³/mol. The molecule has 1 N–H and O–H groups in total. The van der Waals surface area contributed by atoms with Gasteiger partial charge in [-0.15, -0.1) is 0 Å². The van der Waals surface area contributed by atoms with Crippen molar-refractivity contribution < 1.29 is 0 Å². The molecule has 1 saturated carbocycles. The molecule has 0 saturated heterocycles. The van der Waals surface area contributed by atoms with Crippen LogP contribution in [-0.2, 0) is 0 Å². The molecule has 1 aliphatic rings. The number of rotatable bonds is 5. The van der Waals surface area contributed by atoms with Gasteiger partial charge in [-0.25, -0.2) is 4.68 Å². The van der Waals surface area contributed by atoms with Crippen molar-refractivity contribution in [2.45, 2.75) is 44.7 Å². The third-order valence-corrected chi connectivity index (χ3v) is 5.52. The number of nitrogens with one attached hydrogen (secondary N) is 1. The van der Waals surface area contributed by atoms with Gasteiger partial charge in [0.1, 0.15) is 5.02 Å². The first kappa shape index (κ1) is 18.5. The summed E-state index contributed by atoms with van der Waals surface area (Å²) in [5.74, 6) is 0. The monoisotopic (exact) mass is 372 g/mol. The van der Waals surface area contributed by atoms with Crippen LogP contribution in [0.3, 0.4) is 0 Å². The van der Waals surface area contributed by atoms with Gasteiger partial charge in [0.2, 0.25) is 0 Å². The molecule has 1 fully saturated rings. The highest BCUT2D eigenvalue weighted by Crippen LogP contribution is 2.36. The Labute approximate surface area is 159 Å². The predicted octanol–water partition coefficient (Wildman–Crippen LogP) is 4.77. The van der Waals surface area contributed by atoms with Crippen LogP contribution >= 0.6 is 11.6 Å². The number of nitrogens with zero attached hydrogens (tertiary/aromatic N) is 3. The standard InChI is InChI=1S/C20H25ClN4O/c1-4-6-18-14(5-2)11-12-24(18)15-7-9-16(10-8-15)25-20(26)19(21)17(22-3)13-23-25/h4-6,11-13,15-16,22H,2,7-10H2,1,3H3/b6-4-. The van der Waals surface area contributed by atoms with Crippen LogP contribution in [0.1, 0.15) is 55.9 Å². The van der Waals surface area contributed by atoms with Crippen molar-refractivity contribution in [3.05, 3.63) is 57.7 Å². The molecule has 0 aliphatic heterocycles. The summed E-state index contributed by atoms with van der Waals surface area (Å²) in [6, 6.07) is 2.63. The van der Waals surface area contributed by atoms with Gasteiger partial charge >= 0.3 is 0 Å². The molecule has 2 aromatic rings. The summed E-state index contributed by atoms with van der Waals surface area (Å²) >= 11 is 6.16. The number of aromatic nitrogens is 3. The van der Waals surface area contributed by atoms with E-state index in [4.69, 9.17) is 11.6 Å². The molecule has 0 bridgehead atoms. The molecule has 0 aromatic carbocycles. The van der Waals surface area contributed by atoms with E-state index in [2.05, 4.69) is 46.0 Å². The van der Waals surface area contributed by atoms with Gasteiger partial charge in [-0.1, -0.05) is 30.3 Å². The molecule has 6 heteroatoms. The van der Waals surface area contributed by atoms with Crippen LogP contribution in [0.15, 0.2) is 35.9 Å². The molecular weight excluding hydrogens is 348 g/mol. The van der Waals surface area contributed by atoms with Crippen LogP contribution in [0.2, 0.25) is 5.02 Å². The molecule has 0 radical (unpaired) electrons. The van der Waals surface area contributed by atoms with E-state index in [1.807, 2.05) is 13.0 Å². The first-order chi connectivity index (χ1) is 12.6. The molecule has 3 rings (SSSR count). The highest BCUT2D eigenvalue weighted by atomic mass is 35.5. The highest BCUT2D eigenvalue weighted by molar-refractivity contribution is 6.32. The van der Waals surface area contributed by atoms with Gasteiger partial charge in [-0.3, -0.25) is 4.79 Å². The molecule has 0 amide bonds. The Balaban J connectivity index is 1.78. The maximum atomic E-state index is 12.5. The summed E-state index contributed by atoms with van der Waals surface area (Å²) in [6.07, 6.45) is 13.7. The van der Waals surface area contributed by atoms with Gasteiger partial charge in [-0.2, -0.15) is 5.10 Å². The zero-order chi connectivity index (χ0) is 18.7. The molecule has 0 spiro atoms. The number of hydrogen-bond acceptors (Lipinski definition) is 3. The Hall–Kier alpha value is -2.27. The summed E-state index contributed by atoms with van der Waals surface area (Å²) in [5.41, 5.74) is 2.70. The fourth-order valence-electron chi connectivity index (χ4n) is 3.77. The normalized spacial score (nSPS) is 20.4. The Kier molecular flexibility index (Phi) is 5.67.